The fraction of sp³-hybridized carbons (Fsp3) is 0.250. The number of anilines is 1. The largest absolute Gasteiger partial charge is 0.451 e. The standard InChI is InChI=1S/C20H21N5O3/c1-14-8-10-17(11-9-14)22-19(26)15(2)28-20(27)18(25-13-21-23-24-25)12-16-6-4-3-5-7-16/h3-11,13,15,18H,12H2,1-2H3,(H,22,26)/t15-,18+/m0/s1. The van der Waals surface area contributed by atoms with Crippen molar-refractivity contribution in [1.29, 1.82) is 0 Å². The molecule has 0 fully saturated rings. The van der Waals surface area contributed by atoms with Gasteiger partial charge in [-0.3, -0.25) is 4.79 Å². The van der Waals surface area contributed by atoms with Crippen LogP contribution in [0, 0.1) is 6.92 Å². The van der Waals surface area contributed by atoms with Crippen molar-refractivity contribution in [3.8, 4) is 0 Å². The van der Waals surface area contributed by atoms with E-state index in [-0.39, 0.29) is 0 Å². The Balaban J connectivity index is 1.66. The van der Waals surface area contributed by atoms with Gasteiger partial charge in [-0.25, -0.2) is 9.48 Å². The molecule has 28 heavy (non-hydrogen) atoms. The first-order chi connectivity index (χ1) is 13.5. The summed E-state index contributed by atoms with van der Waals surface area (Å²) >= 11 is 0. The molecule has 8 nitrogen and oxygen atoms in total. The summed E-state index contributed by atoms with van der Waals surface area (Å²) in [5, 5.41) is 13.7. The zero-order chi connectivity index (χ0) is 19.9. The van der Waals surface area contributed by atoms with Crippen molar-refractivity contribution in [2.24, 2.45) is 0 Å². The number of amides is 1. The molecule has 2 aromatic carbocycles. The van der Waals surface area contributed by atoms with Crippen LogP contribution in [0.25, 0.3) is 0 Å². The number of hydrogen-bond acceptors (Lipinski definition) is 6. The molecule has 1 N–H and O–H groups in total. The van der Waals surface area contributed by atoms with Crippen molar-refractivity contribution in [2.75, 3.05) is 5.32 Å². The van der Waals surface area contributed by atoms with Gasteiger partial charge in [0.2, 0.25) is 0 Å². The van der Waals surface area contributed by atoms with E-state index in [0.29, 0.717) is 12.1 Å². The minimum atomic E-state index is -0.969. The lowest BCUT2D eigenvalue weighted by Gasteiger charge is -2.19. The first-order valence-electron chi connectivity index (χ1n) is 8.87. The van der Waals surface area contributed by atoms with E-state index in [2.05, 4.69) is 20.8 Å². The molecular weight excluding hydrogens is 358 g/mol. The quantitative estimate of drug-likeness (QED) is 0.633. The van der Waals surface area contributed by atoms with Gasteiger partial charge in [0, 0.05) is 12.1 Å². The van der Waals surface area contributed by atoms with Gasteiger partial charge in [-0.05, 0) is 42.0 Å². The molecule has 0 radical (unpaired) electrons. The molecule has 0 aliphatic carbocycles. The van der Waals surface area contributed by atoms with Gasteiger partial charge in [0.25, 0.3) is 5.91 Å². The molecule has 3 aromatic rings. The average Bonchev–Trinajstić information content (AvgIpc) is 3.23. The minimum absolute atomic E-state index is 0.344. The van der Waals surface area contributed by atoms with E-state index in [9.17, 15) is 9.59 Å². The van der Waals surface area contributed by atoms with Crippen molar-refractivity contribution < 1.29 is 14.3 Å². The van der Waals surface area contributed by atoms with Gasteiger partial charge in [0.15, 0.2) is 12.1 Å². The van der Waals surface area contributed by atoms with Crippen LogP contribution in [-0.2, 0) is 20.7 Å². The highest BCUT2D eigenvalue weighted by Crippen LogP contribution is 2.16. The highest BCUT2D eigenvalue weighted by atomic mass is 16.5. The molecule has 0 aliphatic rings. The molecule has 8 heteroatoms. The van der Waals surface area contributed by atoms with Crippen LogP contribution < -0.4 is 5.32 Å². The van der Waals surface area contributed by atoms with E-state index in [0.717, 1.165) is 11.1 Å². The second-order valence-electron chi connectivity index (χ2n) is 6.43. The van der Waals surface area contributed by atoms with Crippen molar-refractivity contribution in [1.82, 2.24) is 20.2 Å². The number of aromatic nitrogens is 4. The summed E-state index contributed by atoms with van der Waals surface area (Å²) in [4.78, 5) is 25.1. The van der Waals surface area contributed by atoms with E-state index in [1.54, 1.807) is 12.1 Å². The predicted octanol–water partition coefficient (Wildman–Crippen LogP) is 2.34. The Labute approximate surface area is 162 Å². The summed E-state index contributed by atoms with van der Waals surface area (Å²) in [6, 6.07) is 16.1. The van der Waals surface area contributed by atoms with Gasteiger partial charge < -0.3 is 10.1 Å². The van der Waals surface area contributed by atoms with Crippen LogP contribution in [0.2, 0.25) is 0 Å². The molecule has 0 saturated heterocycles. The maximum atomic E-state index is 12.7. The van der Waals surface area contributed by atoms with Gasteiger partial charge in [-0.2, -0.15) is 0 Å². The third kappa shape index (κ3) is 5.00. The van der Waals surface area contributed by atoms with Crippen molar-refractivity contribution in [2.45, 2.75) is 32.4 Å². The van der Waals surface area contributed by atoms with Crippen LogP contribution in [0.3, 0.4) is 0 Å². The zero-order valence-electron chi connectivity index (χ0n) is 15.6. The number of aryl methyl sites for hydroxylation is 1. The lowest BCUT2D eigenvalue weighted by Crippen LogP contribution is -2.34. The maximum Gasteiger partial charge on any atom is 0.332 e. The Hall–Kier alpha value is -3.55. The molecule has 1 heterocycles. The number of esters is 1. The van der Waals surface area contributed by atoms with Crippen molar-refractivity contribution >= 4 is 17.6 Å². The molecule has 144 valence electrons. The van der Waals surface area contributed by atoms with Crippen molar-refractivity contribution in [3.63, 3.8) is 0 Å². The van der Waals surface area contributed by atoms with E-state index in [1.165, 1.54) is 17.9 Å². The Morgan fingerprint density at radius 1 is 1.11 bits per heavy atom. The number of nitrogens with one attached hydrogen (secondary N) is 1. The molecule has 0 saturated carbocycles. The topological polar surface area (TPSA) is 99.0 Å². The van der Waals surface area contributed by atoms with Crippen LogP contribution in [0.1, 0.15) is 24.1 Å². The number of hydrogen-bond donors (Lipinski definition) is 1. The van der Waals surface area contributed by atoms with Gasteiger partial charge in [-0.1, -0.05) is 48.0 Å². The number of nitrogens with zero attached hydrogens (tertiary/aromatic N) is 4. The third-order valence-electron chi connectivity index (χ3n) is 4.21. The smallest absolute Gasteiger partial charge is 0.332 e. The summed E-state index contributed by atoms with van der Waals surface area (Å²) in [7, 11) is 0. The highest BCUT2D eigenvalue weighted by Gasteiger charge is 2.27. The molecule has 3 rings (SSSR count). The van der Waals surface area contributed by atoms with Crippen LogP contribution in [-0.4, -0.2) is 38.2 Å². The average molecular weight is 379 g/mol. The molecular formula is C20H21N5O3. The minimum Gasteiger partial charge on any atom is -0.451 e. The first kappa shape index (κ1) is 19.2. The fourth-order valence-corrected chi connectivity index (χ4v) is 2.62. The van der Waals surface area contributed by atoms with E-state index in [4.69, 9.17) is 4.74 Å². The van der Waals surface area contributed by atoms with Gasteiger partial charge in [0.1, 0.15) is 6.33 Å². The Bertz CT molecular complexity index is 911. The van der Waals surface area contributed by atoms with Gasteiger partial charge in [-0.15, -0.1) is 5.10 Å². The maximum absolute atomic E-state index is 12.7. The number of tetrazole rings is 1. The summed E-state index contributed by atoms with van der Waals surface area (Å²) in [6.07, 6.45) is 0.728. The first-order valence-corrected chi connectivity index (χ1v) is 8.87. The number of rotatable bonds is 7. The van der Waals surface area contributed by atoms with E-state index < -0.39 is 24.0 Å². The fourth-order valence-electron chi connectivity index (χ4n) is 2.62. The summed E-state index contributed by atoms with van der Waals surface area (Å²) in [5.41, 5.74) is 2.65. The normalized spacial score (nSPS) is 12.8. The highest BCUT2D eigenvalue weighted by molar-refractivity contribution is 5.95. The summed E-state index contributed by atoms with van der Waals surface area (Å²) in [5.74, 6) is -0.991. The Morgan fingerprint density at radius 3 is 2.46 bits per heavy atom. The molecule has 0 spiro atoms. The Kier molecular flexibility index (Phi) is 6.11. The number of carbonyl (C=O) groups excluding carboxylic acids is 2. The van der Waals surface area contributed by atoms with Gasteiger partial charge >= 0.3 is 5.97 Å². The van der Waals surface area contributed by atoms with Gasteiger partial charge in [0.05, 0.1) is 0 Å². The molecule has 0 unspecified atom stereocenters. The summed E-state index contributed by atoms with van der Waals surface area (Å²) in [6.45, 7) is 3.49. The SMILES string of the molecule is Cc1ccc(NC(=O)[C@H](C)OC(=O)[C@@H](Cc2ccccc2)n2cnnn2)cc1. The molecule has 0 bridgehead atoms. The van der Waals surface area contributed by atoms with E-state index in [1.807, 2.05) is 49.4 Å². The van der Waals surface area contributed by atoms with Crippen LogP contribution in [0.4, 0.5) is 5.69 Å². The van der Waals surface area contributed by atoms with Crippen LogP contribution in [0.5, 0.6) is 0 Å². The third-order valence-corrected chi connectivity index (χ3v) is 4.21. The summed E-state index contributed by atoms with van der Waals surface area (Å²) < 4.78 is 6.73. The lowest BCUT2D eigenvalue weighted by molar-refractivity contribution is -0.156. The second-order valence-corrected chi connectivity index (χ2v) is 6.43. The van der Waals surface area contributed by atoms with Crippen molar-refractivity contribution in [3.05, 3.63) is 72.1 Å². The lowest BCUT2D eigenvalue weighted by atomic mass is 10.1. The molecule has 2 atom stereocenters. The molecule has 1 aromatic heterocycles. The van der Waals surface area contributed by atoms with Crippen LogP contribution >= 0.6 is 0 Å². The Morgan fingerprint density at radius 2 is 1.82 bits per heavy atom. The second kappa shape index (κ2) is 8.90. The zero-order valence-corrected chi connectivity index (χ0v) is 15.6. The number of ether oxygens (including phenoxy) is 1. The van der Waals surface area contributed by atoms with Crippen LogP contribution in [0.15, 0.2) is 60.9 Å². The predicted molar refractivity (Wildman–Crippen MR) is 102 cm³/mol. The molecule has 0 aliphatic heterocycles. The molecule has 1 amide bonds. The number of carbonyl (C=O) groups is 2. The van der Waals surface area contributed by atoms with E-state index >= 15 is 0 Å². The monoisotopic (exact) mass is 379 g/mol. The number of benzene rings is 2.